The molecule has 1 aliphatic rings. The van der Waals surface area contributed by atoms with E-state index in [1.165, 1.54) is 5.56 Å². The maximum atomic E-state index is 9.13. The predicted molar refractivity (Wildman–Crippen MR) is 82.3 cm³/mol. The number of ether oxygens (including phenoxy) is 1. The van der Waals surface area contributed by atoms with Crippen molar-refractivity contribution in [3.05, 3.63) is 29.6 Å². The van der Waals surface area contributed by atoms with Crippen LogP contribution < -0.4 is 0 Å². The molecule has 0 unspecified atom stereocenters. The van der Waals surface area contributed by atoms with Crippen molar-refractivity contribution in [2.75, 3.05) is 32.9 Å². The molecule has 0 radical (unpaired) electrons. The largest absolute Gasteiger partial charge is 0.396 e. The fourth-order valence-corrected chi connectivity index (χ4v) is 2.85. The smallest absolute Gasteiger partial charge is 0.124 e. The number of fused-ring (bicyclic) bond motifs is 1. The molecule has 0 atom stereocenters. The van der Waals surface area contributed by atoms with E-state index in [1.54, 1.807) is 0 Å². The molecule has 2 aromatic rings. The lowest BCUT2D eigenvalue weighted by Gasteiger charge is -2.26. The molecule has 0 bridgehead atoms. The highest BCUT2D eigenvalue weighted by Crippen LogP contribution is 2.20. The Morgan fingerprint density at radius 1 is 1.29 bits per heavy atom. The van der Waals surface area contributed by atoms with Gasteiger partial charge < -0.3 is 14.4 Å². The van der Waals surface area contributed by atoms with Crippen LogP contribution in [0.3, 0.4) is 0 Å². The van der Waals surface area contributed by atoms with Crippen LogP contribution in [-0.2, 0) is 17.8 Å². The summed E-state index contributed by atoms with van der Waals surface area (Å²) in [5.41, 5.74) is 3.45. The van der Waals surface area contributed by atoms with Crippen molar-refractivity contribution < 1.29 is 9.84 Å². The molecule has 0 spiro atoms. The summed E-state index contributed by atoms with van der Waals surface area (Å²) in [5.74, 6) is 1.09. The van der Waals surface area contributed by atoms with Gasteiger partial charge >= 0.3 is 0 Å². The van der Waals surface area contributed by atoms with Gasteiger partial charge in [0.2, 0.25) is 0 Å². The van der Waals surface area contributed by atoms with E-state index in [9.17, 15) is 0 Å². The van der Waals surface area contributed by atoms with Crippen LogP contribution in [0.25, 0.3) is 11.0 Å². The number of aromatic nitrogens is 2. The number of benzene rings is 1. The fraction of sp³-hybridized carbons (Fsp3) is 0.562. The first-order valence-corrected chi connectivity index (χ1v) is 7.64. The van der Waals surface area contributed by atoms with Gasteiger partial charge in [0, 0.05) is 26.2 Å². The lowest BCUT2D eigenvalue weighted by Crippen LogP contribution is -2.36. The average molecular weight is 289 g/mol. The van der Waals surface area contributed by atoms with Crippen molar-refractivity contribution in [2.45, 2.75) is 26.4 Å². The van der Waals surface area contributed by atoms with E-state index in [4.69, 9.17) is 14.8 Å². The van der Waals surface area contributed by atoms with Crippen LogP contribution in [0.5, 0.6) is 0 Å². The van der Waals surface area contributed by atoms with E-state index in [0.717, 1.165) is 62.7 Å². The minimum absolute atomic E-state index is 0.211. The van der Waals surface area contributed by atoms with Crippen LogP contribution in [0.2, 0.25) is 0 Å². The molecular weight excluding hydrogens is 266 g/mol. The molecule has 2 heterocycles. The second kappa shape index (κ2) is 6.56. The highest BCUT2D eigenvalue weighted by molar-refractivity contribution is 5.76. The Morgan fingerprint density at radius 2 is 2.10 bits per heavy atom. The maximum absolute atomic E-state index is 9.13. The van der Waals surface area contributed by atoms with Crippen molar-refractivity contribution in [3.8, 4) is 0 Å². The molecule has 1 aliphatic heterocycles. The standard InChI is InChI=1S/C16H23N3O2/c1-13-3-4-15-14(11-13)17-16(19(15)5-2-8-20)12-18-6-9-21-10-7-18/h3-4,11,20H,2,5-10,12H2,1H3. The summed E-state index contributed by atoms with van der Waals surface area (Å²) in [6.45, 7) is 7.49. The first-order chi connectivity index (χ1) is 10.3. The van der Waals surface area contributed by atoms with Crippen LogP contribution in [0.15, 0.2) is 18.2 Å². The van der Waals surface area contributed by atoms with Crippen LogP contribution in [-0.4, -0.2) is 52.5 Å². The van der Waals surface area contributed by atoms with Crippen molar-refractivity contribution in [1.29, 1.82) is 0 Å². The third kappa shape index (κ3) is 3.26. The maximum Gasteiger partial charge on any atom is 0.124 e. The average Bonchev–Trinajstić information content (AvgIpc) is 2.82. The van der Waals surface area contributed by atoms with Gasteiger partial charge in [0.25, 0.3) is 0 Å². The van der Waals surface area contributed by atoms with Gasteiger partial charge in [-0.2, -0.15) is 0 Å². The van der Waals surface area contributed by atoms with E-state index in [1.807, 2.05) is 0 Å². The van der Waals surface area contributed by atoms with Crippen LogP contribution in [0, 0.1) is 6.92 Å². The van der Waals surface area contributed by atoms with Gasteiger partial charge in [0.15, 0.2) is 0 Å². The number of aryl methyl sites for hydroxylation is 2. The highest BCUT2D eigenvalue weighted by Gasteiger charge is 2.16. The molecule has 1 fully saturated rings. The Balaban J connectivity index is 1.90. The van der Waals surface area contributed by atoms with E-state index in [2.05, 4.69) is 34.6 Å². The number of aliphatic hydroxyl groups is 1. The van der Waals surface area contributed by atoms with E-state index >= 15 is 0 Å². The monoisotopic (exact) mass is 289 g/mol. The van der Waals surface area contributed by atoms with Crippen molar-refractivity contribution >= 4 is 11.0 Å². The first kappa shape index (κ1) is 14.5. The number of aliphatic hydroxyl groups excluding tert-OH is 1. The zero-order valence-electron chi connectivity index (χ0n) is 12.6. The van der Waals surface area contributed by atoms with E-state index < -0.39 is 0 Å². The summed E-state index contributed by atoms with van der Waals surface area (Å²) in [5, 5.41) is 9.13. The van der Waals surface area contributed by atoms with Crippen LogP contribution in [0.1, 0.15) is 17.8 Å². The predicted octanol–water partition coefficient (Wildman–Crippen LogP) is 1.56. The summed E-state index contributed by atoms with van der Waals surface area (Å²) < 4.78 is 7.66. The Hall–Kier alpha value is -1.43. The molecule has 114 valence electrons. The highest BCUT2D eigenvalue weighted by atomic mass is 16.5. The zero-order chi connectivity index (χ0) is 14.7. The van der Waals surface area contributed by atoms with Gasteiger partial charge in [-0.1, -0.05) is 6.07 Å². The lowest BCUT2D eigenvalue weighted by molar-refractivity contribution is 0.0326. The zero-order valence-corrected chi connectivity index (χ0v) is 12.6. The number of nitrogens with zero attached hydrogens (tertiary/aromatic N) is 3. The minimum atomic E-state index is 0.211. The summed E-state index contributed by atoms with van der Waals surface area (Å²) in [4.78, 5) is 7.20. The second-order valence-corrected chi connectivity index (χ2v) is 5.64. The normalized spacial score (nSPS) is 16.7. The summed E-state index contributed by atoms with van der Waals surface area (Å²) >= 11 is 0. The quantitative estimate of drug-likeness (QED) is 0.907. The molecule has 1 N–H and O–H groups in total. The number of rotatable bonds is 5. The van der Waals surface area contributed by atoms with Gasteiger partial charge in [-0.15, -0.1) is 0 Å². The molecule has 5 heteroatoms. The van der Waals surface area contributed by atoms with Gasteiger partial charge in [-0.25, -0.2) is 4.98 Å². The fourth-order valence-electron chi connectivity index (χ4n) is 2.85. The first-order valence-electron chi connectivity index (χ1n) is 7.64. The molecule has 1 aromatic carbocycles. The summed E-state index contributed by atoms with van der Waals surface area (Å²) in [7, 11) is 0. The van der Waals surface area contributed by atoms with Crippen LogP contribution in [0.4, 0.5) is 0 Å². The lowest BCUT2D eigenvalue weighted by atomic mass is 10.2. The van der Waals surface area contributed by atoms with Crippen LogP contribution >= 0.6 is 0 Å². The van der Waals surface area contributed by atoms with E-state index in [0.29, 0.717) is 0 Å². The van der Waals surface area contributed by atoms with Crippen molar-refractivity contribution in [2.24, 2.45) is 0 Å². The molecule has 1 saturated heterocycles. The van der Waals surface area contributed by atoms with Gasteiger partial charge in [-0.3, -0.25) is 4.90 Å². The molecule has 1 aromatic heterocycles. The Morgan fingerprint density at radius 3 is 2.86 bits per heavy atom. The molecule has 5 nitrogen and oxygen atoms in total. The number of hydrogen-bond acceptors (Lipinski definition) is 4. The number of imidazole rings is 1. The van der Waals surface area contributed by atoms with Gasteiger partial charge in [0.05, 0.1) is 30.8 Å². The molecular formula is C16H23N3O2. The summed E-state index contributed by atoms with van der Waals surface area (Å²) in [6, 6.07) is 6.39. The topological polar surface area (TPSA) is 50.5 Å². The Labute approximate surface area is 125 Å². The van der Waals surface area contributed by atoms with Gasteiger partial charge in [0.1, 0.15) is 5.82 Å². The molecule has 3 rings (SSSR count). The third-order valence-electron chi connectivity index (χ3n) is 3.99. The number of morpholine rings is 1. The second-order valence-electron chi connectivity index (χ2n) is 5.64. The van der Waals surface area contributed by atoms with E-state index in [-0.39, 0.29) is 6.61 Å². The SMILES string of the molecule is Cc1ccc2c(c1)nc(CN1CCOCC1)n2CCCO. The Bertz CT molecular complexity index is 603. The van der Waals surface area contributed by atoms with Gasteiger partial charge in [-0.05, 0) is 31.0 Å². The molecule has 0 amide bonds. The third-order valence-corrected chi connectivity index (χ3v) is 3.99. The molecule has 0 aliphatic carbocycles. The number of hydrogen-bond donors (Lipinski definition) is 1. The molecule has 21 heavy (non-hydrogen) atoms. The minimum Gasteiger partial charge on any atom is -0.396 e. The van der Waals surface area contributed by atoms with Crippen molar-refractivity contribution in [1.82, 2.24) is 14.5 Å². The Kier molecular flexibility index (Phi) is 4.53. The van der Waals surface area contributed by atoms with Crippen molar-refractivity contribution in [3.63, 3.8) is 0 Å². The summed E-state index contributed by atoms with van der Waals surface area (Å²) in [6.07, 6.45) is 0.759. The molecule has 0 saturated carbocycles.